The molecule has 1 atom stereocenters. The van der Waals surface area contributed by atoms with Crippen LogP contribution in [0.3, 0.4) is 0 Å². The zero-order valence-electron chi connectivity index (χ0n) is 25.5. The molecule has 2 aromatic heterocycles. The van der Waals surface area contributed by atoms with E-state index in [1.807, 2.05) is 37.3 Å². The van der Waals surface area contributed by atoms with Crippen LogP contribution in [0.15, 0.2) is 78.9 Å². The molecule has 1 saturated heterocycles. The van der Waals surface area contributed by atoms with Gasteiger partial charge in [0.25, 0.3) is 0 Å². The van der Waals surface area contributed by atoms with Gasteiger partial charge in [0.1, 0.15) is 5.65 Å². The van der Waals surface area contributed by atoms with Crippen LogP contribution in [0.25, 0.3) is 21.9 Å². The highest BCUT2D eigenvalue weighted by molar-refractivity contribution is 6.08. The number of hydrogen-bond acceptors (Lipinski definition) is 4. The summed E-state index contributed by atoms with van der Waals surface area (Å²) in [7, 11) is 0. The number of carbonyl (C=O) groups is 2. The number of nitrogens with one attached hydrogen (secondary N) is 1. The summed E-state index contributed by atoms with van der Waals surface area (Å²) in [6, 6.07) is 27.0. The van der Waals surface area contributed by atoms with Gasteiger partial charge in [-0.2, -0.15) is 0 Å². The lowest BCUT2D eigenvalue weighted by atomic mass is 9.80. The van der Waals surface area contributed by atoms with Gasteiger partial charge in [-0.15, -0.1) is 0 Å². The summed E-state index contributed by atoms with van der Waals surface area (Å²) in [5.41, 5.74) is 14.0. The van der Waals surface area contributed by atoms with Crippen LogP contribution in [0.4, 0.5) is 0 Å². The van der Waals surface area contributed by atoms with Crippen LogP contribution in [-0.2, 0) is 33.8 Å². The number of nitrogens with two attached hydrogens (primary N) is 1. The molecule has 1 unspecified atom stereocenters. The van der Waals surface area contributed by atoms with Gasteiger partial charge < -0.3 is 20.4 Å². The summed E-state index contributed by atoms with van der Waals surface area (Å²) >= 11 is 0. The van der Waals surface area contributed by atoms with E-state index in [0.717, 1.165) is 68.3 Å². The number of nitrogens with zero attached hydrogens (tertiary/aromatic N) is 2. The number of para-hydroxylation sites is 1. The van der Waals surface area contributed by atoms with E-state index < -0.39 is 0 Å². The minimum atomic E-state index is -0.303. The molecule has 0 radical (unpaired) electrons. The van der Waals surface area contributed by atoms with Crippen molar-refractivity contribution in [1.29, 1.82) is 0 Å². The Morgan fingerprint density at radius 2 is 1.66 bits per heavy atom. The SMILES string of the molecule is Cc1nc2c(c(C)c1CCC(N)=O)c1ccccc1n2Cc1ccc(C(C(=O)NCc2ccccc2)C2CCOCC2)cc1. The maximum Gasteiger partial charge on any atom is 0.228 e. The Hall–Kier alpha value is -4.49. The van der Waals surface area contributed by atoms with Crippen LogP contribution in [0.2, 0.25) is 0 Å². The van der Waals surface area contributed by atoms with Gasteiger partial charge in [0.15, 0.2) is 0 Å². The molecule has 2 amide bonds. The average Bonchev–Trinajstić information content (AvgIpc) is 3.34. The van der Waals surface area contributed by atoms with E-state index >= 15 is 0 Å². The number of carbonyl (C=O) groups excluding carboxylic acids is 2. The van der Waals surface area contributed by atoms with Crippen molar-refractivity contribution in [1.82, 2.24) is 14.9 Å². The second kappa shape index (κ2) is 13.0. The molecular formula is C37H40N4O3. The van der Waals surface area contributed by atoms with Gasteiger partial charge in [-0.25, -0.2) is 4.98 Å². The first-order chi connectivity index (χ1) is 21.4. The number of ether oxygens (including phenoxy) is 1. The largest absolute Gasteiger partial charge is 0.381 e. The highest BCUT2D eigenvalue weighted by Gasteiger charge is 2.31. The number of hydrogen-bond donors (Lipinski definition) is 2. The predicted octanol–water partition coefficient (Wildman–Crippen LogP) is 6.10. The number of aryl methyl sites for hydroxylation is 2. The molecule has 3 heterocycles. The summed E-state index contributed by atoms with van der Waals surface area (Å²) in [4.78, 5) is 30.2. The van der Waals surface area contributed by atoms with Gasteiger partial charge in [-0.1, -0.05) is 72.8 Å². The second-order valence-corrected chi connectivity index (χ2v) is 11.9. The maximum atomic E-state index is 13.6. The smallest absolute Gasteiger partial charge is 0.228 e. The molecule has 0 bridgehead atoms. The Labute approximate surface area is 258 Å². The van der Waals surface area contributed by atoms with E-state index in [4.69, 9.17) is 15.5 Å². The molecule has 44 heavy (non-hydrogen) atoms. The van der Waals surface area contributed by atoms with Crippen LogP contribution in [0, 0.1) is 19.8 Å². The fourth-order valence-corrected chi connectivity index (χ4v) is 6.80. The highest BCUT2D eigenvalue weighted by Crippen LogP contribution is 2.35. The van der Waals surface area contributed by atoms with Crippen molar-refractivity contribution in [3.8, 4) is 0 Å². The Kier molecular flexibility index (Phi) is 8.75. The van der Waals surface area contributed by atoms with Crippen molar-refractivity contribution in [2.24, 2.45) is 11.7 Å². The number of benzene rings is 3. The van der Waals surface area contributed by atoms with E-state index in [1.165, 1.54) is 0 Å². The van der Waals surface area contributed by atoms with Gasteiger partial charge >= 0.3 is 0 Å². The molecule has 7 heteroatoms. The molecule has 226 valence electrons. The van der Waals surface area contributed by atoms with Crippen LogP contribution in [0.1, 0.15) is 58.7 Å². The quantitative estimate of drug-likeness (QED) is 0.206. The first-order valence-corrected chi connectivity index (χ1v) is 15.5. The summed E-state index contributed by atoms with van der Waals surface area (Å²) in [5, 5.41) is 5.47. The second-order valence-electron chi connectivity index (χ2n) is 11.9. The first-order valence-electron chi connectivity index (χ1n) is 15.5. The number of fused-ring (bicyclic) bond motifs is 3. The number of pyridine rings is 1. The molecule has 5 aromatic rings. The molecular weight excluding hydrogens is 548 g/mol. The van der Waals surface area contributed by atoms with Gasteiger partial charge in [0.2, 0.25) is 11.8 Å². The number of primary amides is 1. The van der Waals surface area contributed by atoms with E-state index in [9.17, 15) is 9.59 Å². The minimum absolute atomic E-state index is 0.0678. The Balaban J connectivity index is 1.30. The Bertz CT molecular complexity index is 1790. The maximum absolute atomic E-state index is 13.6. The minimum Gasteiger partial charge on any atom is -0.381 e. The van der Waals surface area contributed by atoms with Crippen molar-refractivity contribution >= 4 is 33.8 Å². The van der Waals surface area contributed by atoms with Crippen molar-refractivity contribution in [2.45, 2.75) is 58.5 Å². The van der Waals surface area contributed by atoms with Gasteiger partial charge in [0.05, 0.1) is 11.4 Å². The normalized spacial score (nSPS) is 14.6. The lowest BCUT2D eigenvalue weighted by Gasteiger charge is -2.30. The van der Waals surface area contributed by atoms with Crippen LogP contribution < -0.4 is 11.1 Å². The molecule has 1 fully saturated rings. The Morgan fingerprint density at radius 3 is 2.39 bits per heavy atom. The van der Waals surface area contributed by atoms with Gasteiger partial charge in [-0.3, -0.25) is 9.59 Å². The Morgan fingerprint density at radius 1 is 0.955 bits per heavy atom. The van der Waals surface area contributed by atoms with Crippen LogP contribution in [-0.4, -0.2) is 34.6 Å². The third-order valence-corrected chi connectivity index (χ3v) is 9.11. The van der Waals surface area contributed by atoms with E-state index in [-0.39, 0.29) is 23.7 Å². The lowest BCUT2D eigenvalue weighted by Crippen LogP contribution is -2.35. The standard InChI is InChI=1S/C37H40N4O3/c1-24-30(16-17-33(38)42)25(2)40-36-34(24)31-10-6-7-11-32(31)41(36)23-27-12-14-28(15-13-27)35(29-18-20-44-21-19-29)37(43)39-22-26-8-4-3-5-9-26/h3-15,29,35H,16-23H2,1-2H3,(H2,38,42)(H,39,43). The zero-order valence-corrected chi connectivity index (χ0v) is 25.5. The summed E-state index contributed by atoms with van der Waals surface area (Å²) < 4.78 is 7.91. The highest BCUT2D eigenvalue weighted by atomic mass is 16.5. The average molecular weight is 589 g/mol. The molecule has 1 aliphatic rings. The monoisotopic (exact) mass is 588 g/mol. The van der Waals surface area contributed by atoms with Crippen molar-refractivity contribution in [3.05, 3.63) is 112 Å². The first kappa shape index (κ1) is 29.6. The summed E-state index contributed by atoms with van der Waals surface area (Å²) in [6.07, 6.45) is 2.64. The number of rotatable bonds is 10. The number of aromatic nitrogens is 2. The predicted molar refractivity (Wildman–Crippen MR) is 174 cm³/mol. The third-order valence-electron chi connectivity index (χ3n) is 9.11. The number of amides is 2. The van der Waals surface area contributed by atoms with Gasteiger partial charge in [-0.05, 0) is 72.9 Å². The summed E-state index contributed by atoms with van der Waals surface area (Å²) in [5.74, 6) is -0.224. The molecule has 0 spiro atoms. The molecule has 7 nitrogen and oxygen atoms in total. The summed E-state index contributed by atoms with van der Waals surface area (Å²) in [6.45, 7) is 6.68. The van der Waals surface area contributed by atoms with E-state index in [0.29, 0.717) is 39.1 Å². The fourth-order valence-electron chi connectivity index (χ4n) is 6.80. The van der Waals surface area contributed by atoms with E-state index in [2.05, 4.69) is 65.3 Å². The molecule has 0 aliphatic carbocycles. The fraction of sp³-hybridized carbons (Fsp3) is 0.324. The van der Waals surface area contributed by atoms with Crippen molar-refractivity contribution in [2.75, 3.05) is 13.2 Å². The molecule has 6 rings (SSSR count). The van der Waals surface area contributed by atoms with Crippen molar-refractivity contribution < 1.29 is 14.3 Å². The molecule has 3 N–H and O–H groups in total. The lowest BCUT2D eigenvalue weighted by molar-refractivity contribution is -0.124. The van der Waals surface area contributed by atoms with Crippen LogP contribution in [0.5, 0.6) is 0 Å². The topological polar surface area (TPSA) is 99.2 Å². The third kappa shape index (κ3) is 6.10. The zero-order chi connectivity index (χ0) is 30.6. The van der Waals surface area contributed by atoms with Crippen molar-refractivity contribution in [3.63, 3.8) is 0 Å². The van der Waals surface area contributed by atoms with E-state index in [1.54, 1.807) is 0 Å². The molecule has 3 aromatic carbocycles. The molecule has 0 saturated carbocycles. The van der Waals surface area contributed by atoms with Gasteiger partial charge in [0, 0.05) is 49.2 Å². The van der Waals surface area contributed by atoms with Crippen LogP contribution >= 0.6 is 0 Å². The molecule has 1 aliphatic heterocycles.